The Balaban J connectivity index is 1.42. The first kappa shape index (κ1) is 23.6. The van der Waals surface area contributed by atoms with Gasteiger partial charge in [-0.1, -0.05) is 29.4 Å². The van der Waals surface area contributed by atoms with Crippen molar-refractivity contribution in [1.29, 1.82) is 0 Å². The van der Waals surface area contributed by atoms with Crippen LogP contribution in [0.2, 0.25) is 0 Å². The molecule has 0 bridgehead atoms. The zero-order chi connectivity index (χ0) is 25.8. The number of ether oxygens (including phenoxy) is 1. The molecule has 0 atom stereocenters. The van der Waals surface area contributed by atoms with Crippen molar-refractivity contribution in [3.63, 3.8) is 0 Å². The number of nitrogens with two attached hydrogens (primary N) is 1. The number of halogens is 2. The number of anilines is 2. The molecule has 3 aromatic heterocycles. The van der Waals surface area contributed by atoms with E-state index in [9.17, 15) is 13.6 Å². The van der Waals surface area contributed by atoms with Gasteiger partial charge in [-0.25, -0.2) is 18.7 Å². The molecule has 5 aromatic rings. The first-order valence-corrected chi connectivity index (χ1v) is 11.0. The van der Waals surface area contributed by atoms with Crippen molar-refractivity contribution in [2.75, 3.05) is 17.9 Å². The lowest BCUT2D eigenvalue weighted by Crippen LogP contribution is -2.14. The van der Waals surface area contributed by atoms with Crippen molar-refractivity contribution in [2.24, 2.45) is 0 Å². The Morgan fingerprint density at radius 1 is 1.11 bits per heavy atom. The van der Waals surface area contributed by atoms with E-state index in [0.717, 1.165) is 0 Å². The van der Waals surface area contributed by atoms with E-state index in [-0.39, 0.29) is 41.0 Å². The molecule has 0 fully saturated rings. The second kappa shape index (κ2) is 10.2. The quantitative estimate of drug-likeness (QED) is 0.320. The normalized spacial score (nSPS) is 10.9. The summed E-state index contributed by atoms with van der Waals surface area (Å²) in [6.07, 6.45) is 2.77. The third-order valence-electron chi connectivity index (χ3n) is 5.37. The second-order valence-electron chi connectivity index (χ2n) is 7.78. The molecule has 37 heavy (non-hydrogen) atoms. The molecule has 0 aliphatic carbocycles. The summed E-state index contributed by atoms with van der Waals surface area (Å²) in [7, 11) is 0. The third kappa shape index (κ3) is 5.12. The van der Waals surface area contributed by atoms with Crippen molar-refractivity contribution in [1.82, 2.24) is 24.9 Å². The SMILES string of the molecule is Nc1nc(-c2cc(-c3ccon3)n(Cc3ccccc3F)n2)ncc1NC(=O)c1cccc(OCF)c1. The number of hydrogen-bond acceptors (Lipinski definition) is 8. The third-order valence-corrected chi connectivity index (χ3v) is 5.37. The van der Waals surface area contributed by atoms with Crippen molar-refractivity contribution in [3.8, 4) is 28.7 Å². The maximum atomic E-state index is 14.3. The zero-order valence-corrected chi connectivity index (χ0v) is 19.1. The monoisotopic (exact) mass is 503 g/mol. The summed E-state index contributed by atoms with van der Waals surface area (Å²) in [6, 6.07) is 15.7. The largest absolute Gasteiger partial charge is 0.463 e. The van der Waals surface area contributed by atoms with Crippen molar-refractivity contribution in [3.05, 3.63) is 90.1 Å². The highest BCUT2D eigenvalue weighted by Crippen LogP contribution is 2.27. The van der Waals surface area contributed by atoms with E-state index in [1.165, 1.54) is 30.7 Å². The highest BCUT2D eigenvalue weighted by molar-refractivity contribution is 6.05. The lowest BCUT2D eigenvalue weighted by molar-refractivity contribution is 0.102. The molecule has 0 aliphatic heterocycles. The average molecular weight is 503 g/mol. The number of amides is 1. The van der Waals surface area contributed by atoms with Crippen LogP contribution in [0, 0.1) is 5.82 Å². The Kier molecular flexibility index (Phi) is 6.53. The van der Waals surface area contributed by atoms with Gasteiger partial charge in [-0.15, -0.1) is 0 Å². The van der Waals surface area contributed by atoms with Gasteiger partial charge in [-0.2, -0.15) is 5.10 Å². The van der Waals surface area contributed by atoms with Gasteiger partial charge < -0.3 is 20.3 Å². The molecule has 186 valence electrons. The molecule has 3 heterocycles. The van der Waals surface area contributed by atoms with E-state index in [0.29, 0.717) is 22.6 Å². The fourth-order valence-electron chi connectivity index (χ4n) is 3.58. The van der Waals surface area contributed by atoms with Crippen molar-refractivity contribution >= 4 is 17.4 Å². The fraction of sp³-hybridized carbons (Fsp3) is 0.0800. The summed E-state index contributed by atoms with van der Waals surface area (Å²) >= 11 is 0. The van der Waals surface area contributed by atoms with Gasteiger partial charge in [0.15, 0.2) is 11.6 Å². The number of nitrogen functional groups attached to an aromatic ring is 1. The van der Waals surface area contributed by atoms with E-state index in [1.807, 2.05) is 0 Å². The lowest BCUT2D eigenvalue weighted by atomic mass is 10.2. The first-order valence-electron chi connectivity index (χ1n) is 11.0. The molecule has 5 rings (SSSR count). The Labute approximate surface area is 208 Å². The van der Waals surface area contributed by atoms with Crippen LogP contribution in [0.15, 0.2) is 77.6 Å². The van der Waals surface area contributed by atoms with E-state index in [1.54, 1.807) is 47.1 Å². The standard InChI is InChI=1S/C25H19F2N7O3/c26-14-36-17-6-3-5-15(10-17)25(35)30-21-12-29-24(31-23(21)28)20-11-22(19-8-9-37-33-19)34(32-20)13-16-4-1-2-7-18(16)27/h1-12H,13-14H2,(H,30,35)(H2,28,29,31). The van der Waals surface area contributed by atoms with Crippen LogP contribution >= 0.6 is 0 Å². The smallest absolute Gasteiger partial charge is 0.255 e. The highest BCUT2D eigenvalue weighted by atomic mass is 19.1. The molecule has 0 saturated carbocycles. The van der Waals surface area contributed by atoms with Gasteiger partial charge in [0.05, 0.1) is 18.4 Å². The molecule has 1 amide bonds. The van der Waals surface area contributed by atoms with Gasteiger partial charge in [-0.05, 0) is 30.3 Å². The van der Waals surface area contributed by atoms with Gasteiger partial charge in [-0.3, -0.25) is 9.48 Å². The fourth-order valence-corrected chi connectivity index (χ4v) is 3.58. The molecule has 10 nitrogen and oxygen atoms in total. The average Bonchev–Trinajstić information content (AvgIpc) is 3.57. The molecule has 12 heteroatoms. The number of nitrogens with zero attached hydrogens (tertiary/aromatic N) is 5. The maximum Gasteiger partial charge on any atom is 0.255 e. The van der Waals surface area contributed by atoms with Crippen molar-refractivity contribution < 1.29 is 22.8 Å². The Morgan fingerprint density at radius 3 is 2.73 bits per heavy atom. The zero-order valence-electron chi connectivity index (χ0n) is 19.1. The number of benzene rings is 2. The molecular formula is C25H19F2N7O3. The Morgan fingerprint density at radius 2 is 1.97 bits per heavy atom. The summed E-state index contributed by atoms with van der Waals surface area (Å²) in [6.45, 7) is -0.884. The van der Waals surface area contributed by atoms with Crippen LogP contribution in [0.4, 0.5) is 20.3 Å². The predicted octanol–water partition coefficient (Wildman–Crippen LogP) is 4.32. The number of nitrogens with one attached hydrogen (secondary N) is 1. The molecule has 0 radical (unpaired) electrons. The van der Waals surface area contributed by atoms with E-state index in [2.05, 4.69) is 25.5 Å². The van der Waals surface area contributed by atoms with E-state index >= 15 is 0 Å². The summed E-state index contributed by atoms with van der Waals surface area (Å²) in [4.78, 5) is 21.2. The minimum Gasteiger partial charge on any atom is -0.463 e. The number of carbonyl (C=O) groups excluding carboxylic acids is 1. The Hall–Kier alpha value is -5.13. The number of rotatable bonds is 8. The Bertz CT molecular complexity index is 1550. The summed E-state index contributed by atoms with van der Waals surface area (Å²) < 4.78 is 38.0. The van der Waals surface area contributed by atoms with Crippen LogP contribution in [-0.4, -0.2) is 37.7 Å². The number of alkyl halides is 1. The number of hydrogen-bond donors (Lipinski definition) is 2. The molecular weight excluding hydrogens is 484 g/mol. The van der Waals surface area contributed by atoms with Gasteiger partial charge in [0.25, 0.3) is 5.91 Å². The maximum absolute atomic E-state index is 14.3. The van der Waals surface area contributed by atoms with E-state index in [4.69, 9.17) is 15.0 Å². The molecule has 3 N–H and O–H groups in total. The lowest BCUT2D eigenvalue weighted by Gasteiger charge is -2.09. The van der Waals surface area contributed by atoms with Gasteiger partial charge >= 0.3 is 0 Å². The second-order valence-corrected chi connectivity index (χ2v) is 7.78. The highest BCUT2D eigenvalue weighted by Gasteiger charge is 2.18. The van der Waals surface area contributed by atoms with Crippen LogP contribution in [0.1, 0.15) is 15.9 Å². The van der Waals surface area contributed by atoms with Gasteiger partial charge in [0.2, 0.25) is 6.86 Å². The topological polar surface area (TPSA) is 134 Å². The molecule has 0 unspecified atom stereocenters. The van der Waals surface area contributed by atoms with Crippen molar-refractivity contribution in [2.45, 2.75) is 6.54 Å². The van der Waals surface area contributed by atoms with Gasteiger partial charge in [0.1, 0.15) is 34.9 Å². The minimum atomic E-state index is -1.01. The number of carbonyl (C=O) groups is 1. The molecule has 0 saturated heterocycles. The number of aromatic nitrogens is 5. The summed E-state index contributed by atoms with van der Waals surface area (Å²) in [5.74, 6) is -0.474. The van der Waals surface area contributed by atoms with Gasteiger partial charge in [0, 0.05) is 17.2 Å². The summed E-state index contributed by atoms with van der Waals surface area (Å²) in [5, 5.41) is 11.1. The molecule has 2 aromatic carbocycles. The molecule has 0 aliphatic rings. The first-order chi connectivity index (χ1) is 18.0. The van der Waals surface area contributed by atoms with Crippen LogP contribution in [0.3, 0.4) is 0 Å². The summed E-state index contributed by atoms with van der Waals surface area (Å²) in [5.41, 5.74) is 8.34. The van der Waals surface area contributed by atoms with Crippen LogP contribution < -0.4 is 15.8 Å². The van der Waals surface area contributed by atoms with E-state index < -0.39 is 12.8 Å². The predicted molar refractivity (Wildman–Crippen MR) is 130 cm³/mol. The van der Waals surface area contributed by atoms with Crippen LogP contribution in [0.25, 0.3) is 22.9 Å². The van der Waals surface area contributed by atoms with Crippen LogP contribution in [-0.2, 0) is 6.54 Å². The van der Waals surface area contributed by atoms with Crippen LogP contribution in [0.5, 0.6) is 5.75 Å². The molecule has 0 spiro atoms. The minimum absolute atomic E-state index is 0.00107.